The molecule has 1 unspecified atom stereocenters. The van der Waals surface area contributed by atoms with E-state index in [2.05, 4.69) is 56.0 Å². The zero-order valence-electron chi connectivity index (χ0n) is 25.9. The van der Waals surface area contributed by atoms with Gasteiger partial charge < -0.3 is 24.8 Å². The van der Waals surface area contributed by atoms with Gasteiger partial charge in [0.25, 0.3) is 0 Å². The summed E-state index contributed by atoms with van der Waals surface area (Å²) in [5.74, 6) is 0.975. The zero-order chi connectivity index (χ0) is 29.8. The Bertz CT molecular complexity index is 1290. The van der Waals surface area contributed by atoms with E-state index in [4.69, 9.17) is 9.72 Å². The van der Waals surface area contributed by atoms with Crippen LogP contribution in [-0.2, 0) is 16.6 Å². The van der Waals surface area contributed by atoms with Crippen LogP contribution in [0, 0.1) is 11.7 Å². The average Bonchev–Trinajstić information content (AvgIpc) is 3.36. The van der Waals surface area contributed by atoms with Crippen LogP contribution in [0.4, 0.5) is 9.18 Å². The SMILES string of the molecule is CC(C)C1c2ccc(F)cc2CC[C@@]1(CCN(C)CCC(C)(C)c1nc2ccccc2[nH]1)OC(=O)NCCN(C)C. The van der Waals surface area contributed by atoms with Crippen LogP contribution in [0.15, 0.2) is 42.5 Å². The second kappa shape index (κ2) is 12.9. The van der Waals surface area contributed by atoms with Crippen molar-refractivity contribution in [1.29, 1.82) is 0 Å². The molecule has 4 rings (SSSR count). The number of aryl methyl sites for hydroxylation is 1. The molecule has 0 saturated heterocycles. The highest BCUT2D eigenvalue weighted by Gasteiger charge is 2.48. The summed E-state index contributed by atoms with van der Waals surface area (Å²) in [4.78, 5) is 25.8. The third-order valence-electron chi connectivity index (χ3n) is 8.68. The predicted octanol–water partition coefficient (Wildman–Crippen LogP) is 6.10. The van der Waals surface area contributed by atoms with Gasteiger partial charge in [0.1, 0.15) is 17.2 Å². The number of carbonyl (C=O) groups is 1. The molecular weight excluding hydrogens is 517 g/mol. The van der Waals surface area contributed by atoms with Gasteiger partial charge in [-0.2, -0.15) is 0 Å². The number of carbonyl (C=O) groups excluding carboxylic acids is 1. The minimum atomic E-state index is -0.677. The number of halogens is 1. The van der Waals surface area contributed by atoms with Gasteiger partial charge in [-0.25, -0.2) is 14.2 Å². The van der Waals surface area contributed by atoms with Crippen molar-refractivity contribution in [1.82, 2.24) is 25.1 Å². The fraction of sp³-hybridized carbons (Fsp3) is 0.576. The number of imidazole rings is 1. The number of ether oxygens (including phenoxy) is 1. The van der Waals surface area contributed by atoms with Crippen molar-refractivity contribution in [3.05, 3.63) is 65.2 Å². The van der Waals surface area contributed by atoms with Crippen LogP contribution in [0.2, 0.25) is 0 Å². The molecule has 0 aliphatic heterocycles. The average molecular weight is 566 g/mol. The number of nitrogens with zero attached hydrogens (tertiary/aromatic N) is 3. The van der Waals surface area contributed by atoms with Crippen LogP contribution in [0.25, 0.3) is 11.0 Å². The molecule has 1 aliphatic carbocycles. The molecule has 3 aromatic rings. The van der Waals surface area contributed by atoms with E-state index in [1.807, 2.05) is 43.3 Å². The highest BCUT2D eigenvalue weighted by Crippen LogP contribution is 2.48. The molecule has 224 valence electrons. The number of amides is 1. The van der Waals surface area contributed by atoms with Gasteiger partial charge in [-0.15, -0.1) is 0 Å². The van der Waals surface area contributed by atoms with Gasteiger partial charge in [-0.05, 0) is 88.3 Å². The number of alkyl carbamates (subject to hydrolysis) is 1. The maximum absolute atomic E-state index is 14.1. The summed E-state index contributed by atoms with van der Waals surface area (Å²) in [6.07, 6.45) is 2.61. The molecule has 0 saturated carbocycles. The van der Waals surface area contributed by atoms with E-state index in [0.717, 1.165) is 54.0 Å². The maximum Gasteiger partial charge on any atom is 0.407 e. The van der Waals surface area contributed by atoms with Gasteiger partial charge in [0.05, 0.1) is 11.0 Å². The molecular formula is C33H48FN5O2. The number of nitrogens with one attached hydrogen (secondary N) is 2. The van der Waals surface area contributed by atoms with E-state index in [0.29, 0.717) is 25.8 Å². The Kier molecular flexibility index (Phi) is 9.75. The van der Waals surface area contributed by atoms with Crippen LogP contribution in [-0.4, -0.2) is 78.8 Å². The second-order valence-corrected chi connectivity index (χ2v) is 13.0. The molecule has 1 aliphatic rings. The van der Waals surface area contributed by atoms with Crippen molar-refractivity contribution in [2.24, 2.45) is 5.92 Å². The Morgan fingerprint density at radius 1 is 1.17 bits per heavy atom. The summed E-state index contributed by atoms with van der Waals surface area (Å²) in [6, 6.07) is 13.2. The summed E-state index contributed by atoms with van der Waals surface area (Å²) >= 11 is 0. The molecule has 0 spiro atoms. The first-order chi connectivity index (χ1) is 19.4. The predicted molar refractivity (Wildman–Crippen MR) is 164 cm³/mol. The van der Waals surface area contributed by atoms with Crippen LogP contribution < -0.4 is 5.32 Å². The monoisotopic (exact) mass is 565 g/mol. The number of hydrogen-bond donors (Lipinski definition) is 2. The lowest BCUT2D eigenvalue weighted by Gasteiger charge is -2.47. The first kappa shape index (κ1) is 31.0. The van der Waals surface area contributed by atoms with Gasteiger partial charge in [0.15, 0.2) is 0 Å². The molecule has 1 heterocycles. The third-order valence-corrected chi connectivity index (χ3v) is 8.68. The van der Waals surface area contributed by atoms with Crippen molar-refractivity contribution < 1.29 is 13.9 Å². The van der Waals surface area contributed by atoms with E-state index in [-0.39, 0.29) is 29.2 Å². The molecule has 2 aromatic carbocycles. The number of fused-ring (bicyclic) bond motifs is 2. The van der Waals surface area contributed by atoms with Crippen LogP contribution in [0.5, 0.6) is 0 Å². The summed E-state index contributed by atoms with van der Waals surface area (Å²) in [7, 11) is 6.09. The van der Waals surface area contributed by atoms with Gasteiger partial charge >= 0.3 is 6.09 Å². The summed E-state index contributed by atoms with van der Waals surface area (Å²) in [5.41, 5.74) is 3.37. The maximum atomic E-state index is 14.1. The Morgan fingerprint density at radius 2 is 1.93 bits per heavy atom. The number of aromatic amines is 1. The first-order valence-electron chi connectivity index (χ1n) is 14.9. The van der Waals surface area contributed by atoms with E-state index >= 15 is 0 Å². The lowest BCUT2D eigenvalue weighted by molar-refractivity contribution is -0.0444. The topological polar surface area (TPSA) is 73.5 Å². The number of aromatic nitrogens is 2. The quantitative estimate of drug-likeness (QED) is 0.278. The summed E-state index contributed by atoms with van der Waals surface area (Å²) in [5, 5.41) is 2.95. The molecule has 0 radical (unpaired) electrons. The molecule has 2 atom stereocenters. The first-order valence-corrected chi connectivity index (χ1v) is 14.9. The number of para-hydroxylation sites is 2. The number of hydrogen-bond acceptors (Lipinski definition) is 5. The number of rotatable bonds is 12. The molecule has 2 N–H and O–H groups in total. The number of benzene rings is 2. The Hall–Kier alpha value is -2.97. The number of likely N-dealkylation sites (N-methyl/N-ethyl adjacent to an activating group) is 1. The molecule has 0 fully saturated rings. The van der Waals surface area contributed by atoms with Crippen molar-refractivity contribution >= 4 is 17.1 Å². The molecule has 41 heavy (non-hydrogen) atoms. The van der Waals surface area contributed by atoms with Crippen molar-refractivity contribution in [2.75, 3.05) is 47.3 Å². The minimum Gasteiger partial charge on any atom is -0.442 e. The smallest absolute Gasteiger partial charge is 0.407 e. The minimum absolute atomic E-state index is 0.0214. The highest BCUT2D eigenvalue weighted by atomic mass is 19.1. The zero-order valence-corrected chi connectivity index (χ0v) is 25.9. The van der Waals surface area contributed by atoms with Crippen molar-refractivity contribution in [3.63, 3.8) is 0 Å². The lowest BCUT2D eigenvalue weighted by Crippen LogP contribution is -2.50. The molecule has 1 aromatic heterocycles. The fourth-order valence-electron chi connectivity index (χ4n) is 6.25. The van der Waals surface area contributed by atoms with Gasteiger partial charge in [0, 0.05) is 37.4 Å². The summed E-state index contributed by atoms with van der Waals surface area (Å²) < 4.78 is 20.6. The van der Waals surface area contributed by atoms with Crippen LogP contribution >= 0.6 is 0 Å². The summed E-state index contributed by atoms with van der Waals surface area (Å²) in [6.45, 7) is 11.7. The highest BCUT2D eigenvalue weighted by molar-refractivity contribution is 5.75. The Morgan fingerprint density at radius 3 is 2.63 bits per heavy atom. The molecule has 1 amide bonds. The largest absolute Gasteiger partial charge is 0.442 e. The van der Waals surface area contributed by atoms with Crippen LogP contribution in [0.1, 0.15) is 69.8 Å². The van der Waals surface area contributed by atoms with E-state index in [1.165, 1.54) is 6.07 Å². The standard InChI is InChI=1S/C33H48FN5O2/c1-23(2)29-26-13-12-25(34)22-24(26)14-15-33(29,41-31(40)35-18-21-38(5)6)17-20-39(7)19-16-32(3,4)30-36-27-10-8-9-11-28(27)37-30/h8-13,22-23,29H,14-21H2,1-7H3,(H,35,40)(H,36,37)/t29?,33-/m0/s1. The second-order valence-electron chi connectivity index (χ2n) is 13.0. The Labute approximate surface area is 244 Å². The third kappa shape index (κ3) is 7.46. The van der Waals surface area contributed by atoms with E-state index in [9.17, 15) is 9.18 Å². The van der Waals surface area contributed by atoms with Crippen LogP contribution in [0.3, 0.4) is 0 Å². The van der Waals surface area contributed by atoms with Crippen molar-refractivity contribution in [2.45, 2.75) is 70.3 Å². The molecule has 0 bridgehead atoms. The van der Waals surface area contributed by atoms with Crippen molar-refractivity contribution in [3.8, 4) is 0 Å². The van der Waals surface area contributed by atoms with E-state index < -0.39 is 5.60 Å². The molecule has 7 nitrogen and oxygen atoms in total. The fourth-order valence-corrected chi connectivity index (χ4v) is 6.25. The Balaban J connectivity index is 1.49. The lowest BCUT2D eigenvalue weighted by atomic mass is 9.65. The van der Waals surface area contributed by atoms with Gasteiger partial charge in [-0.1, -0.05) is 45.9 Å². The van der Waals surface area contributed by atoms with E-state index in [1.54, 1.807) is 6.07 Å². The normalized spacial score (nSPS) is 19.2. The number of H-pyrrole nitrogens is 1. The van der Waals surface area contributed by atoms with Gasteiger partial charge in [-0.3, -0.25) is 0 Å². The van der Waals surface area contributed by atoms with Gasteiger partial charge in [0.2, 0.25) is 0 Å². The molecule has 8 heteroatoms.